The quantitative estimate of drug-likeness (QED) is 0.149. The zero-order chi connectivity index (χ0) is 55.4. The molecular weight excluding hydrogens is 1130 g/mol. The topological polar surface area (TPSA) is 46.4 Å². The average Bonchev–Trinajstić information content (AvgIpc) is 3.92. The Hall–Kier alpha value is -6.49. The summed E-state index contributed by atoms with van der Waals surface area (Å²) < 4.78 is 9.01. The SMILES string of the molecule is CC(C)(C)c1ccnc(-n2c3[c-]c(Oc4[c-]c(N5[CH-]N(c6c(-c7cc(C(C)(C)C)ccc7C(C)(C)C)cc(C(C)(C)C)cc6-c6cc(C(C)(C)C)ccc6C(C)(C)C)c6cnccc65)ccc4)ccc3c3ccccc32)c1.[Pt]. The van der Waals surface area contributed by atoms with E-state index in [9.17, 15) is 0 Å². The van der Waals surface area contributed by atoms with Crippen molar-refractivity contribution in [1.82, 2.24) is 14.5 Å². The Morgan fingerprint density at radius 2 is 1.00 bits per heavy atom. The van der Waals surface area contributed by atoms with Crippen LogP contribution in [0.5, 0.6) is 11.5 Å². The van der Waals surface area contributed by atoms with Gasteiger partial charge in [0.05, 0.1) is 11.9 Å². The number of nitrogens with zero attached hydrogens (tertiary/aromatic N) is 5. The van der Waals surface area contributed by atoms with Crippen LogP contribution >= 0.6 is 0 Å². The molecule has 0 spiro atoms. The van der Waals surface area contributed by atoms with Crippen LogP contribution in [-0.2, 0) is 53.6 Å². The zero-order valence-electron chi connectivity index (χ0n) is 49.3. The van der Waals surface area contributed by atoms with Crippen molar-refractivity contribution in [2.45, 2.75) is 157 Å². The van der Waals surface area contributed by atoms with Gasteiger partial charge in [0.25, 0.3) is 0 Å². The van der Waals surface area contributed by atoms with E-state index in [1.807, 2.05) is 36.8 Å². The molecule has 0 bridgehead atoms. The van der Waals surface area contributed by atoms with Crippen molar-refractivity contribution in [1.29, 1.82) is 0 Å². The van der Waals surface area contributed by atoms with Crippen LogP contribution in [0.4, 0.5) is 22.7 Å². The summed E-state index contributed by atoms with van der Waals surface area (Å²) in [6.07, 6.45) is 5.81. The number of para-hydroxylation sites is 1. The van der Waals surface area contributed by atoms with Crippen molar-refractivity contribution in [3.63, 3.8) is 0 Å². The number of ether oxygens (including phenoxy) is 1. The third kappa shape index (κ3) is 10.7. The molecule has 1 aliphatic rings. The van der Waals surface area contributed by atoms with Gasteiger partial charge in [-0.1, -0.05) is 185 Å². The van der Waals surface area contributed by atoms with Crippen molar-refractivity contribution in [3.05, 3.63) is 192 Å². The number of rotatable bonds is 7. The summed E-state index contributed by atoms with van der Waals surface area (Å²) in [5, 5.41) is 2.22. The fourth-order valence-corrected chi connectivity index (χ4v) is 10.8. The molecule has 0 unspecified atom stereocenters. The van der Waals surface area contributed by atoms with Gasteiger partial charge in [0, 0.05) is 73.0 Å². The number of pyridine rings is 2. The number of aromatic nitrogens is 3. The van der Waals surface area contributed by atoms with E-state index in [0.717, 1.165) is 50.4 Å². The van der Waals surface area contributed by atoms with Gasteiger partial charge in [0.2, 0.25) is 0 Å². The van der Waals surface area contributed by atoms with Crippen LogP contribution in [0.1, 0.15) is 158 Å². The molecule has 9 aromatic rings. The van der Waals surface area contributed by atoms with Crippen molar-refractivity contribution < 1.29 is 25.8 Å². The molecule has 3 aromatic heterocycles. The molecule has 1 aliphatic heterocycles. The van der Waals surface area contributed by atoms with Crippen molar-refractivity contribution in [3.8, 4) is 39.6 Å². The molecule has 0 saturated carbocycles. The predicted octanol–water partition coefficient (Wildman–Crippen LogP) is 19.5. The smallest absolute Gasteiger partial charge is 0.135 e. The minimum atomic E-state index is -0.169. The standard InChI is InChI=1S/C71H78N5O.Pt/c1-66(2,3)45-26-30-58(70(13,14)15)54(36-45)56-38-48(69(10,11)12)39-57(55-37-46(67(4,5)6)27-31-59(55)71(16,17)18)65(56)75-44-74(61-33-34-72-43-63(61)75)49-22-21-23-50(41-49)77-51-28-29-53-52-24-19-20-25-60(52)76(62(53)42-51)64-40-47(32-35-73-64)68(7,8)9;/h19-40,43-44H,1-18H3;/q-3;. The van der Waals surface area contributed by atoms with E-state index in [-0.39, 0.29) is 53.6 Å². The van der Waals surface area contributed by atoms with Gasteiger partial charge in [-0.05, 0) is 119 Å². The average molecular weight is 1210 g/mol. The summed E-state index contributed by atoms with van der Waals surface area (Å²) in [4.78, 5) is 14.4. The number of fused-ring (bicyclic) bond motifs is 4. The summed E-state index contributed by atoms with van der Waals surface area (Å²) in [7, 11) is 0. The minimum Gasteiger partial charge on any atom is -0.509 e. The molecule has 0 saturated heterocycles. The second kappa shape index (κ2) is 20.0. The normalized spacial score (nSPS) is 13.6. The molecule has 10 rings (SSSR count). The molecule has 78 heavy (non-hydrogen) atoms. The molecule has 0 amide bonds. The Kier molecular flexibility index (Phi) is 14.4. The van der Waals surface area contributed by atoms with Crippen LogP contribution in [-0.4, -0.2) is 14.5 Å². The van der Waals surface area contributed by atoms with E-state index in [4.69, 9.17) is 14.7 Å². The third-order valence-corrected chi connectivity index (χ3v) is 15.3. The largest absolute Gasteiger partial charge is 0.509 e. The molecule has 0 N–H and O–H groups in total. The molecule has 0 aliphatic carbocycles. The molecule has 0 fully saturated rings. The van der Waals surface area contributed by atoms with Gasteiger partial charge in [-0.25, -0.2) is 4.98 Å². The predicted molar refractivity (Wildman–Crippen MR) is 325 cm³/mol. The van der Waals surface area contributed by atoms with Crippen LogP contribution in [0.3, 0.4) is 0 Å². The fourth-order valence-electron chi connectivity index (χ4n) is 10.8. The molecule has 6 aromatic carbocycles. The second-order valence-electron chi connectivity index (χ2n) is 27.5. The monoisotopic (exact) mass is 1210 g/mol. The van der Waals surface area contributed by atoms with E-state index in [2.05, 4.69) is 261 Å². The van der Waals surface area contributed by atoms with Crippen molar-refractivity contribution in [2.24, 2.45) is 0 Å². The Bertz CT molecular complexity index is 3630. The molecule has 406 valence electrons. The number of anilines is 4. The van der Waals surface area contributed by atoms with Gasteiger partial charge < -0.3 is 19.1 Å². The summed E-state index contributed by atoms with van der Waals surface area (Å²) >= 11 is 0. The van der Waals surface area contributed by atoms with E-state index >= 15 is 0 Å². The summed E-state index contributed by atoms with van der Waals surface area (Å²) in [5.74, 6) is 2.01. The first-order valence-electron chi connectivity index (χ1n) is 27.5. The number of hydrogen-bond acceptors (Lipinski definition) is 5. The Morgan fingerprint density at radius 1 is 0.449 bits per heavy atom. The summed E-state index contributed by atoms with van der Waals surface area (Å²) in [5.41, 5.74) is 17.7. The maximum absolute atomic E-state index is 6.81. The Labute approximate surface area is 480 Å². The fraction of sp³-hybridized carbons (Fsp3) is 0.338. The molecular formula is C71H78N5OPt-3. The molecule has 6 nitrogen and oxygen atoms in total. The van der Waals surface area contributed by atoms with Crippen molar-refractivity contribution >= 4 is 44.6 Å². The maximum atomic E-state index is 6.81. The Balaban J connectivity index is 0.00000740. The van der Waals surface area contributed by atoms with Crippen LogP contribution in [0.15, 0.2) is 140 Å². The van der Waals surface area contributed by atoms with Gasteiger partial charge in [0.15, 0.2) is 0 Å². The van der Waals surface area contributed by atoms with E-state index < -0.39 is 0 Å². The minimum absolute atomic E-state index is 0. The number of hydrogen-bond donors (Lipinski definition) is 0. The summed E-state index contributed by atoms with van der Waals surface area (Å²) in [6, 6.07) is 51.9. The second-order valence-corrected chi connectivity index (χ2v) is 27.5. The van der Waals surface area contributed by atoms with Gasteiger partial charge in [-0.2, -0.15) is 12.1 Å². The van der Waals surface area contributed by atoms with E-state index in [0.29, 0.717) is 11.5 Å². The van der Waals surface area contributed by atoms with Crippen LogP contribution in [0.25, 0.3) is 49.9 Å². The summed E-state index contributed by atoms with van der Waals surface area (Å²) in [6.45, 7) is 43.9. The van der Waals surface area contributed by atoms with E-state index in [1.165, 1.54) is 55.6 Å². The zero-order valence-corrected chi connectivity index (χ0v) is 51.6. The Morgan fingerprint density at radius 3 is 1.58 bits per heavy atom. The van der Waals surface area contributed by atoms with E-state index in [1.54, 1.807) is 0 Å². The maximum Gasteiger partial charge on any atom is 0.135 e. The molecule has 0 radical (unpaired) electrons. The molecule has 7 heteroatoms. The van der Waals surface area contributed by atoms with Crippen molar-refractivity contribution in [2.75, 3.05) is 9.80 Å². The van der Waals surface area contributed by atoms with Gasteiger partial charge in [-0.15, -0.1) is 48.1 Å². The number of benzene rings is 6. The first-order chi connectivity index (χ1) is 36.0. The first-order valence-corrected chi connectivity index (χ1v) is 27.5. The third-order valence-electron chi connectivity index (χ3n) is 15.3. The first kappa shape index (κ1) is 56.2. The molecule has 0 atom stereocenters. The molecule has 4 heterocycles. The van der Waals surface area contributed by atoms with Gasteiger partial charge in [-0.3, -0.25) is 4.98 Å². The van der Waals surface area contributed by atoms with Crippen LogP contribution in [0, 0.1) is 18.8 Å². The van der Waals surface area contributed by atoms with Gasteiger partial charge >= 0.3 is 0 Å². The van der Waals surface area contributed by atoms with Crippen LogP contribution < -0.4 is 14.5 Å². The van der Waals surface area contributed by atoms with Gasteiger partial charge in [0.1, 0.15) is 5.82 Å². The van der Waals surface area contributed by atoms with Crippen LogP contribution in [0.2, 0.25) is 0 Å².